The number of benzene rings is 3. The highest BCUT2D eigenvalue weighted by atomic mass is 32.2. The Hall–Kier alpha value is -3.10. The number of hydrogen-bond donors (Lipinski definition) is 2. The molecule has 8 nitrogen and oxygen atoms in total. The summed E-state index contributed by atoms with van der Waals surface area (Å²) in [6.45, 7) is 0. The van der Waals surface area contributed by atoms with Crippen LogP contribution in [0.5, 0.6) is 0 Å². The summed E-state index contributed by atoms with van der Waals surface area (Å²) in [6.07, 6.45) is 1.64. The minimum atomic E-state index is -4.41. The molecule has 2 N–H and O–H groups in total. The van der Waals surface area contributed by atoms with Gasteiger partial charge in [0.1, 0.15) is 17.1 Å². The molecular weight excluding hydrogens is 485 g/mol. The van der Waals surface area contributed by atoms with Crippen LogP contribution in [0.25, 0.3) is 0 Å². The zero-order valence-electron chi connectivity index (χ0n) is 19.0. The molecule has 0 saturated carbocycles. The predicted molar refractivity (Wildman–Crippen MR) is 134 cm³/mol. The van der Waals surface area contributed by atoms with Gasteiger partial charge in [0.05, 0.1) is 6.16 Å². The quantitative estimate of drug-likeness (QED) is 0.259. The predicted octanol–water partition coefficient (Wildman–Crippen LogP) is 3.77. The molecule has 3 aromatic carbocycles. The Bertz CT molecular complexity index is 1330. The number of aromatic nitrogens is 3. The van der Waals surface area contributed by atoms with Gasteiger partial charge in [-0.3, -0.25) is 4.57 Å². The zero-order chi connectivity index (χ0) is 25.1. The van der Waals surface area contributed by atoms with Gasteiger partial charge in [-0.25, -0.2) is 18.1 Å². The molecule has 1 atom stereocenters. The normalized spacial score (nSPS) is 13.5. The van der Waals surface area contributed by atoms with Crippen LogP contribution in [-0.4, -0.2) is 45.4 Å². The van der Waals surface area contributed by atoms with Crippen molar-refractivity contribution in [2.24, 2.45) is 0 Å². The fourth-order valence-electron chi connectivity index (χ4n) is 4.34. The minimum absolute atomic E-state index is 0.00637. The first-order valence-electron chi connectivity index (χ1n) is 10.9. The summed E-state index contributed by atoms with van der Waals surface area (Å²) in [5.41, 5.74) is 1.69. The lowest BCUT2D eigenvalue weighted by Gasteiger charge is -2.36. The van der Waals surface area contributed by atoms with Crippen molar-refractivity contribution in [1.82, 2.24) is 14.8 Å². The van der Waals surface area contributed by atoms with Crippen molar-refractivity contribution in [3.05, 3.63) is 120 Å². The molecule has 1 unspecified atom stereocenters. The largest absolute Gasteiger partial charge is 0.325 e. The van der Waals surface area contributed by atoms with E-state index in [9.17, 15) is 22.8 Å². The molecule has 0 bridgehead atoms. The van der Waals surface area contributed by atoms with Gasteiger partial charge in [-0.05, 0) is 23.1 Å². The Balaban J connectivity index is 1.96. The molecule has 182 valence electrons. The molecule has 4 aromatic rings. The van der Waals surface area contributed by atoms with Crippen molar-refractivity contribution in [1.29, 1.82) is 0 Å². The lowest BCUT2D eigenvalue weighted by atomic mass is 9.77. The first-order chi connectivity index (χ1) is 16.6. The van der Waals surface area contributed by atoms with E-state index in [1.54, 1.807) is 4.68 Å². The Morgan fingerprint density at radius 1 is 0.857 bits per heavy atom. The molecule has 0 radical (unpaired) electrons. The van der Waals surface area contributed by atoms with E-state index in [0.717, 1.165) is 22.9 Å². The van der Waals surface area contributed by atoms with Gasteiger partial charge in [-0.15, -0.1) is 0 Å². The summed E-state index contributed by atoms with van der Waals surface area (Å²) >= 11 is 0. The summed E-state index contributed by atoms with van der Waals surface area (Å²) in [4.78, 5) is 23.0. The van der Waals surface area contributed by atoms with Crippen LogP contribution in [0.1, 0.15) is 34.2 Å². The van der Waals surface area contributed by atoms with Gasteiger partial charge in [0.25, 0.3) is 0 Å². The molecule has 0 spiro atoms. The number of rotatable bonds is 9. The van der Waals surface area contributed by atoms with Gasteiger partial charge >= 0.3 is 7.60 Å². The van der Waals surface area contributed by atoms with Crippen LogP contribution < -0.4 is 0 Å². The Labute approximate surface area is 204 Å². The Morgan fingerprint density at radius 2 is 1.29 bits per heavy atom. The molecule has 1 aromatic heterocycles. The molecule has 0 aliphatic heterocycles. The first-order valence-corrected chi connectivity index (χ1v) is 14.7. The second-order valence-electron chi connectivity index (χ2n) is 8.35. The van der Waals surface area contributed by atoms with E-state index >= 15 is 0 Å². The van der Waals surface area contributed by atoms with Gasteiger partial charge in [0.15, 0.2) is 15.7 Å². The number of nitrogens with zero attached hydrogens (tertiary/aromatic N) is 3. The second-order valence-corrected chi connectivity index (χ2v) is 12.4. The summed E-state index contributed by atoms with van der Waals surface area (Å²) in [7, 11) is -8.15. The standard InChI is InChI=1S/C25H26N3O5PS/c1-35(32,33)23(17-18-34(29,30)31)24-26-19-28(27-24)25(20-11-5-2-6-12-20,21-13-7-3-8-14-21)22-15-9-4-10-16-22/h2-16,19,23H,17-18H2,1H3,(H2,29,30,31). The van der Waals surface area contributed by atoms with Crippen LogP contribution >= 0.6 is 7.60 Å². The highest BCUT2D eigenvalue weighted by Gasteiger charge is 2.40. The van der Waals surface area contributed by atoms with Crippen LogP contribution in [-0.2, 0) is 19.9 Å². The van der Waals surface area contributed by atoms with Gasteiger partial charge < -0.3 is 9.79 Å². The van der Waals surface area contributed by atoms with E-state index in [1.807, 2.05) is 91.0 Å². The molecule has 1 heterocycles. The number of hydrogen-bond acceptors (Lipinski definition) is 5. The highest BCUT2D eigenvalue weighted by Crippen LogP contribution is 2.42. The third kappa shape index (κ3) is 5.28. The van der Waals surface area contributed by atoms with Crippen LogP contribution in [0.3, 0.4) is 0 Å². The monoisotopic (exact) mass is 511 g/mol. The molecule has 0 fully saturated rings. The van der Waals surface area contributed by atoms with Crippen LogP contribution in [0.15, 0.2) is 97.3 Å². The lowest BCUT2D eigenvalue weighted by molar-refractivity contribution is 0.371. The topological polar surface area (TPSA) is 122 Å². The maximum atomic E-state index is 12.6. The molecule has 0 saturated heterocycles. The van der Waals surface area contributed by atoms with E-state index in [2.05, 4.69) is 10.1 Å². The van der Waals surface area contributed by atoms with Crippen LogP contribution in [0, 0.1) is 0 Å². The fraction of sp³-hybridized carbons (Fsp3) is 0.200. The van der Waals surface area contributed by atoms with Crippen molar-refractivity contribution in [3.63, 3.8) is 0 Å². The third-order valence-corrected chi connectivity index (χ3v) is 8.24. The summed E-state index contributed by atoms with van der Waals surface area (Å²) in [5.74, 6) is -0.00637. The van der Waals surface area contributed by atoms with Crippen molar-refractivity contribution in [3.8, 4) is 0 Å². The maximum Gasteiger partial charge on any atom is 0.325 e. The number of sulfone groups is 1. The second kappa shape index (κ2) is 9.87. The summed E-state index contributed by atoms with van der Waals surface area (Å²) in [5, 5.41) is 3.40. The van der Waals surface area contributed by atoms with Crippen molar-refractivity contribution in [2.45, 2.75) is 17.2 Å². The molecule has 10 heteroatoms. The highest BCUT2D eigenvalue weighted by molar-refractivity contribution is 7.90. The maximum absolute atomic E-state index is 12.6. The average Bonchev–Trinajstić information content (AvgIpc) is 3.30. The van der Waals surface area contributed by atoms with Gasteiger partial charge in [0, 0.05) is 6.26 Å². The van der Waals surface area contributed by atoms with Gasteiger partial charge in [0.2, 0.25) is 0 Å². The lowest BCUT2D eigenvalue weighted by Crippen LogP contribution is -2.38. The zero-order valence-corrected chi connectivity index (χ0v) is 20.8. The van der Waals surface area contributed by atoms with E-state index in [-0.39, 0.29) is 12.2 Å². The Kier molecular flexibility index (Phi) is 7.05. The molecule has 4 rings (SSSR count). The molecule has 0 aliphatic carbocycles. The third-order valence-electron chi connectivity index (χ3n) is 5.92. The van der Waals surface area contributed by atoms with Crippen LogP contribution in [0.4, 0.5) is 0 Å². The van der Waals surface area contributed by atoms with E-state index in [4.69, 9.17) is 0 Å². The Morgan fingerprint density at radius 3 is 1.66 bits per heavy atom. The fourth-order valence-corrected chi connectivity index (χ4v) is 6.15. The SMILES string of the molecule is CS(=O)(=O)C(CCP(=O)(O)O)c1ncn(C(c2ccccc2)(c2ccccc2)c2ccccc2)n1. The molecule has 35 heavy (non-hydrogen) atoms. The van der Waals surface area contributed by atoms with E-state index in [1.165, 1.54) is 6.33 Å². The molecular formula is C25H26N3O5PS. The molecule has 0 amide bonds. The van der Waals surface area contributed by atoms with Gasteiger partial charge in [-0.2, -0.15) is 5.10 Å². The molecule has 0 aliphatic rings. The summed E-state index contributed by atoms with van der Waals surface area (Å²) < 4.78 is 38.3. The van der Waals surface area contributed by atoms with E-state index in [0.29, 0.717) is 0 Å². The average molecular weight is 512 g/mol. The van der Waals surface area contributed by atoms with E-state index < -0.39 is 34.4 Å². The minimum Gasteiger partial charge on any atom is -0.324 e. The van der Waals surface area contributed by atoms with Gasteiger partial charge in [-0.1, -0.05) is 91.0 Å². The first kappa shape index (κ1) is 25.0. The smallest absolute Gasteiger partial charge is 0.324 e. The van der Waals surface area contributed by atoms with Crippen LogP contribution in [0.2, 0.25) is 0 Å². The summed E-state index contributed by atoms with van der Waals surface area (Å²) in [6, 6.07) is 29.1. The van der Waals surface area contributed by atoms with Crippen molar-refractivity contribution in [2.75, 3.05) is 12.4 Å². The van der Waals surface area contributed by atoms with Crippen molar-refractivity contribution >= 4 is 17.4 Å². The van der Waals surface area contributed by atoms with Crippen molar-refractivity contribution < 1.29 is 22.8 Å².